The van der Waals surface area contributed by atoms with Crippen molar-refractivity contribution in [3.05, 3.63) is 57.6 Å². The Kier molecular flexibility index (Phi) is 8.63. The predicted molar refractivity (Wildman–Crippen MR) is 130 cm³/mol. The number of amides is 1. The second kappa shape index (κ2) is 11.2. The van der Waals surface area contributed by atoms with Gasteiger partial charge in [-0.1, -0.05) is 36.2 Å². The maximum Gasteiger partial charge on any atom is 0.341 e. The van der Waals surface area contributed by atoms with Crippen molar-refractivity contribution in [1.29, 1.82) is 0 Å². The summed E-state index contributed by atoms with van der Waals surface area (Å²) in [7, 11) is 0. The second-order valence-electron chi connectivity index (χ2n) is 8.04. The number of carbonyl (C=O) groups is 2. The lowest BCUT2D eigenvalue weighted by molar-refractivity contribution is -0.125. The van der Waals surface area contributed by atoms with E-state index >= 15 is 0 Å². The quantitative estimate of drug-likeness (QED) is 0.454. The highest BCUT2D eigenvalue weighted by atomic mass is 35.5. The molecule has 178 valence electrons. The van der Waals surface area contributed by atoms with Gasteiger partial charge in [-0.25, -0.2) is 4.79 Å². The topological polar surface area (TPSA) is 73.9 Å². The molecule has 1 atom stereocenters. The van der Waals surface area contributed by atoms with Crippen molar-refractivity contribution in [3.63, 3.8) is 0 Å². The summed E-state index contributed by atoms with van der Waals surface area (Å²) >= 11 is 12.6. The van der Waals surface area contributed by atoms with Crippen molar-refractivity contribution in [3.8, 4) is 5.75 Å². The van der Waals surface area contributed by atoms with Crippen molar-refractivity contribution in [1.82, 2.24) is 0 Å². The highest BCUT2D eigenvalue weighted by Gasteiger charge is 2.43. The Labute approximate surface area is 204 Å². The number of rotatable bonds is 8. The lowest BCUT2D eigenvalue weighted by Crippen LogP contribution is -2.45. The van der Waals surface area contributed by atoms with E-state index in [0.29, 0.717) is 53.1 Å². The minimum absolute atomic E-state index is 0.0730. The molecule has 6 nitrogen and oxygen atoms in total. The van der Waals surface area contributed by atoms with Gasteiger partial charge in [0.2, 0.25) is 5.91 Å². The molecule has 0 saturated carbocycles. The Hall–Kier alpha value is -2.28. The van der Waals surface area contributed by atoms with Gasteiger partial charge in [-0.05, 0) is 69.0 Å². The van der Waals surface area contributed by atoms with Crippen LogP contribution in [0.2, 0.25) is 10.0 Å². The van der Waals surface area contributed by atoms with Crippen LogP contribution >= 0.6 is 23.2 Å². The number of halogens is 2. The third-order valence-corrected chi connectivity index (χ3v) is 6.41. The number of anilines is 1. The van der Waals surface area contributed by atoms with Crippen molar-refractivity contribution >= 4 is 40.8 Å². The molecular formula is C25H29Cl2NO5. The monoisotopic (exact) mass is 493 g/mol. The molecule has 0 unspecified atom stereocenters. The van der Waals surface area contributed by atoms with Gasteiger partial charge >= 0.3 is 5.97 Å². The van der Waals surface area contributed by atoms with E-state index in [2.05, 4.69) is 5.32 Å². The van der Waals surface area contributed by atoms with E-state index in [9.17, 15) is 9.59 Å². The normalized spacial score (nSPS) is 16.0. The molecule has 3 rings (SSSR count). The van der Waals surface area contributed by atoms with Crippen LogP contribution in [-0.4, -0.2) is 37.8 Å². The molecule has 1 fully saturated rings. The standard InChI is InChI=1S/C25H29Cl2NO5/c1-4-16(3)33-22-9-7-18(15-19(22)23(29)32-5-2)28-24(30)25(10-12-31-13-11-25)20-8-6-17(26)14-21(20)27/h6-9,14-16H,4-5,10-13H2,1-3H3,(H,28,30)/t16-/m0/s1. The summed E-state index contributed by atoms with van der Waals surface area (Å²) in [4.78, 5) is 26.2. The summed E-state index contributed by atoms with van der Waals surface area (Å²) in [6.07, 6.45) is 1.66. The summed E-state index contributed by atoms with van der Waals surface area (Å²) in [5.41, 5.74) is 0.559. The summed E-state index contributed by atoms with van der Waals surface area (Å²) in [5.74, 6) is -0.309. The van der Waals surface area contributed by atoms with Crippen molar-refractivity contribution in [2.75, 3.05) is 25.1 Å². The largest absolute Gasteiger partial charge is 0.490 e. The third kappa shape index (κ3) is 5.81. The number of benzene rings is 2. The molecule has 0 spiro atoms. The summed E-state index contributed by atoms with van der Waals surface area (Å²) in [5, 5.41) is 3.91. The molecule has 0 bridgehead atoms. The molecule has 33 heavy (non-hydrogen) atoms. The molecule has 1 N–H and O–H groups in total. The summed E-state index contributed by atoms with van der Waals surface area (Å²) in [6.45, 7) is 6.76. The first-order chi connectivity index (χ1) is 15.8. The van der Waals surface area contributed by atoms with E-state index in [4.69, 9.17) is 37.4 Å². The van der Waals surface area contributed by atoms with E-state index in [1.807, 2.05) is 13.8 Å². The smallest absolute Gasteiger partial charge is 0.341 e. The maximum atomic E-state index is 13.6. The average Bonchev–Trinajstić information content (AvgIpc) is 2.80. The van der Waals surface area contributed by atoms with Gasteiger partial charge in [0.25, 0.3) is 0 Å². The number of nitrogens with one attached hydrogen (secondary N) is 1. The Morgan fingerprint density at radius 3 is 2.48 bits per heavy atom. The van der Waals surface area contributed by atoms with Crippen LogP contribution in [0.5, 0.6) is 5.75 Å². The van der Waals surface area contributed by atoms with Crippen LogP contribution in [0.4, 0.5) is 5.69 Å². The first kappa shape index (κ1) is 25.3. The Morgan fingerprint density at radius 1 is 1.12 bits per heavy atom. The van der Waals surface area contributed by atoms with E-state index in [0.717, 1.165) is 6.42 Å². The van der Waals surface area contributed by atoms with Crippen LogP contribution in [0, 0.1) is 0 Å². The van der Waals surface area contributed by atoms with Gasteiger partial charge in [0.15, 0.2) is 0 Å². The van der Waals surface area contributed by atoms with Crippen molar-refractivity contribution in [2.45, 2.75) is 51.6 Å². The van der Waals surface area contributed by atoms with E-state index in [-0.39, 0.29) is 24.2 Å². The molecule has 0 radical (unpaired) electrons. The zero-order chi connectivity index (χ0) is 24.0. The molecule has 8 heteroatoms. The van der Waals surface area contributed by atoms with Gasteiger partial charge in [-0.3, -0.25) is 4.79 Å². The number of carbonyl (C=O) groups excluding carboxylic acids is 2. The minimum Gasteiger partial charge on any atom is -0.490 e. The average molecular weight is 494 g/mol. The fraction of sp³-hybridized carbons (Fsp3) is 0.440. The van der Waals surface area contributed by atoms with Crippen LogP contribution in [-0.2, 0) is 19.7 Å². The van der Waals surface area contributed by atoms with Gasteiger partial charge in [0.1, 0.15) is 11.3 Å². The molecular weight excluding hydrogens is 465 g/mol. The molecule has 1 amide bonds. The Morgan fingerprint density at radius 2 is 1.85 bits per heavy atom. The third-order valence-electron chi connectivity index (χ3n) is 5.86. The minimum atomic E-state index is -0.879. The lowest BCUT2D eigenvalue weighted by Gasteiger charge is -2.37. The number of esters is 1. The first-order valence-corrected chi connectivity index (χ1v) is 11.9. The molecule has 1 saturated heterocycles. The predicted octanol–water partition coefficient (Wildman–Crippen LogP) is 6.03. The molecule has 0 aromatic heterocycles. The SMILES string of the molecule is CCOC(=O)c1cc(NC(=O)C2(c3ccc(Cl)cc3Cl)CCOCC2)ccc1O[C@@H](C)CC. The Balaban J connectivity index is 1.95. The molecule has 1 heterocycles. The first-order valence-electron chi connectivity index (χ1n) is 11.1. The molecule has 2 aromatic carbocycles. The molecule has 1 aliphatic heterocycles. The highest BCUT2D eigenvalue weighted by Crippen LogP contribution is 2.41. The highest BCUT2D eigenvalue weighted by molar-refractivity contribution is 6.35. The van der Waals surface area contributed by atoms with Gasteiger partial charge in [-0.2, -0.15) is 0 Å². The van der Waals surface area contributed by atoms with Crippen molar-refractivity contribution in [2.24, 2.45) is 0 Å². The summed E-state index contributed by atoms with van der Waals surface area (Å²) in [6, 6.07) is 10.2. The van der Waals surface area contributed by atoms with E-state index in [1.165, 1.54) is 0 Å². The number of hydrogen-bond acceptors (Lipinski definition) is 5. The van der Waals surface area contributed by atoms with Crippen LogP contribution in [0.3, 0.4) is 0 Å². The fourth-order valence-corrected chi connectivity index (χ4v) is 4.44. The van der Waals surface area contributed by atoms with E-state index < -0.39 is 11.4 Å². The van der Waals surface area contributed by atoms with Crippen LogP contribution in [0.15, 0.2) is 36.4 Å². The maximum absolute atomic E-state index is 13.6. The van der Waals surface area contributed by atoms with Crippen LogP contribution in [0.25, 0.3) is 0 Å². The number of hydrogen-bond donors (Lipinski definition) is 1. The van der Waals surface area contributed by atoms with Gasteiger partial charge < -0.3 is 19.5 Å². The zero-order valence-electron chi connectivity index (χ0n) is 19.1. The molecule has 0 aliphatic carbocycles. The molecule has 2 aromatic rings. The van der Waals surface area contributed by atoms with Crippen molar-refractivity contribution < 1.29 is 23.8 Å². The van der Waals surface area contributed by atoms with Gasteiger partial charge in [0.05, 0.1) is 18.1 Å². The van der Waals surface area contributed by atoms with Crippen LogP contribution in [0.1, 0.15) is 56.0 Å². The molecule has 1 aliphatic rings. The zero-order valence-corrected chi connectivity index (χ0v) is 20.6. The van der Waals surface area contributed by atoms with Gasteiger partial charge in [0, 0.05) is 28.9 Å². The Bertz CT molecular complexity index is 1000. The van der Waals surface area contributed by atoms with Crippen LogP contribution < -0.4 is 10.1 Å². The van der Waals surface area contributed by atoms with E-state index in [1.54, 1.807) is 43.3 Å². The fourth-order valence-electron chi connectivity index (χ4n) is 3.85. The lowest BCUT2D eigenvalue weighted by atomic mass is 9.73. The van der Waals surface area contributed by atoms with Gasteiger partial charge in [-0.15, -0.1) is 0 Å². The second-order valence-corrected chi connectivity index (χ2v) is 8.88. The number of ether oxygens (including phenoxy) is 3. The summed E-state index contributed by atoms with van der Waals surface area (Å²) < 4.78 is 16.6.